The molecule has 0 bridgehead atoms. The van der Waals surface area contributed by atoms with E-state index in [1.54, 1.807) is 0 Å². The average Bonchev–Trinajstić information content (AvgIpc) is 2.68. The van der Waals surface area contributed by atoms with Gasteiger partial charge < -0.3 is 9.73 Å². The Hall–Kier alpha value is -1.03. The molecule has 1 aliphatic heterocycles. The standard InChI is InChI=1S/C14H18N2O.ClH/c1-11-13(10-16-8-6-15-7-9-16)12-4-2-3-5-14(12)17-11;/h2-5,15H,6-10H2,1H3;1H. The highest BCUT2D eigenvalue weighted by Gasteiger charge is 2.15. The molecular weight excluding hydrogens is 248 g/mol. The molecule has 1 aromatic heterocycles. The number of hydrogen-bond donors (Lipinski definition) is 1. The van der Waals surface area contributed by atoms with Crippen molar-refractivity contribution < 1.29 is 4.42 Å². The van der Waals surface area contributed by atoms with Crippen molar-refractivity contribution in [1.29, 1.82) is 0 Å². The van der Waals surface area contributed by atoms with Crippen LogP contribution in [-0.2, 0) is 6.54 Å². The maximum atomic E-state index is 5.80. The van der Waals surface area contributed by atoms with Gasteiger partial charge in [-0.05, 0) is 13.0 Å². The zero-order chi connectivity index (χ0) is 11.7. The lowest BCUT2D eigenvalue weighted by atomic mass is 10.1. The summed E-state index contributed by atoms with van der Waals surface area (Å²) in [6, 6.07) is 8.31. The average molecular weight is 267 g/mol. The zero-order valence-corrected chi connectivity index (χ0v) is 11.4. The monoisotopic (exact) mass is 266 g/mol. The van der Waals surface area contributed by atoms with Gasteiger partial charge in [0, 0.05) is 43.7 Å². The van der Waals surface area contributed by atoms with Gasteiger partial charge in [-0.3, -0.25) is 4.90 Å². The Morgan fingerprint density at radius 2 is 1.94 bits per heavy atom. The van der Waals surface area contributed by atoms with E-state index in [0.29, 0.717) is 0 Å². The highest BCUT2D eigenvalue weighted by molar-refractivity contribution is 5.85. The summed E-state index contributed by atoms with van der Waals surface area (Å²) < 4.78 is 5.80. The molecule has 3 nitrogen and oxygen atoms in total. The van der Waals surface area contributed by atoms with Crippen molar-refractivity contribution in [2.75, 3.05) is 26.2 Å². The fraction of sp³-hybridized carbons (Fsp3) is 0.429. The van der Waals surface area contributed by atoms with Crippen molar-refractivity contribution in [3.63, 3.8) is 0 Å². The van der Waals surface area contributed by atoms with Gasteiger partial charge in [-0.1, -0.05) is 18.2 Å². The van der Waals surface area contributed by atoms with Gasteiger partial charge in [0.1, 0.15) is 11.3 Å². The summed E-state index contributed by atoms with van der Waals surface area (Å²) in [5.41, 5.74) is 2.36. The molecule has 0 radical (unpaired) electrons. The Morgan fingerprint density at radius 3 is 2.72 bits per heavy atom. The minimum absolute atomic E-state index is 0. The molecule has 1 fully saturated rings. The molecule has 0 spiro atoms. The predicted octanol–water partition coefficient (Wildman–Crippen LogP) is 2.57. The zero-order valence-electron chi connectivity index (χ0n) is 10.6. The Balaban J connectivity index is 0.00000120. The molecule has 98 valence electrons. The van der Waals surface area contributed by atoms with Gasteiger partial charge >= 0.3 is 0 Å². The molecule has 1 N–H and O–H groups in total. The number of aryl methyl sites for hydroxylation is 1. The summed E-state index contributed by atoms with van der Waals surface area (Å²) in [7, 11) is 0. The van der Waals surface area contributed by atoms with Gasteiger partial charge in [0.2, 0.25) is 0 Å². The highest BCUT2D eigenvalue weighted by Crippen LogP contribution is 2.26. The first-order chi connectivity index (χ1) is 8.34. The third-order valence-corrected chi connectivity index (χ3v) is 3.49. The number of para-hydroxylation sites is 1. The van der Waals surface area contributed by atoms with Crippen LogP contribution in [0, 0.1) is 6.92 Å². The van der Waals surface area contributed by atoms with Crippen molar-refractivity contribution in [1.82, 2.24) is 10.2 Å². The third-order valence-electron chi connectivity index (χ3n) is 3.49. The second-order valence-corrected chi connectivity index (χ2v) is 4.66. The molecule has 1 saturated heterocycles. The number of piperazine rings is 1. The lowest BCUT2D eigenvalue weighted by Gasteiger charge is -2.27. The van der Waals surface area contributed by atoms with Crippen LogP contribution in [-0.4, -0.2) is 31.1 Å². The molecule has 0 unspecified atom stereocenters. The maximum Gasteiger partial charge on any atom is 0.134 e. The number of nitrogens with zero attached hydrogens (tertiary/aromatic N) is 1. The van der Waals surface area contributed by atoms with E-state index in [2.05, 4.69) is 29.3 Å². The fourth-order valence-corrected chi connectivity index (χ4v) is 2.51. The molecule has 0 atom stereocenters. The number of benzene rings is 1. The second-order valence-electron chi connectivity index (χ2n) is 4.66. The van der Waals surface area contributed by atoms with Crippen LogP contribution in [0.1, 0.15) is 11.3 Å². The van der Waals surface area contributed by atoms with Crippen LogP contribution in [0.3, 0.4) is 0 Å². The predicted molar refractivity (Wildman–Crippen MR) is 76.3 cm³/mol. The van der Waals surface area contributed by atoms with Crippen LogP contribution in [0.4, 0.5) is 0 Å². The SMILES string of the molecule is Cc1oc2ccccc2c1CN1CCNCC1.Cl. The Morgan fingerprint density at radius 1 is 1.22 bits per heavy atom. The Kier molecular flexibility index (Phi) is 4.27. The summed E-state index contributed by atoms with van der Waals surface area (Å²) in [6.07, 6.45) is 0. The van der Waals surface area contributed by atoms with Gasteiger partial charge in [-0.2, -0.15) is 0 Å². The van der Waals surface area contributed by atoms with Crippen molar-refractivity contribution in [2.24, 2.45) is 0 Å². The molecule has 2 heterocycles. The smallest absolute Gasteiger partial charge is 0.134 e. The lowest BCUT2D eigenvalue weighted by Crippen LogP contribution is -2.42. The maximum absolute atomic E-state index is 5.80. The number of fused-ring (bicyclic) bond motifs is 1. The van der Waals surface area contributed by atoms with E-state index in [4.69, 9.17) is 4.42 Å². The molecule has 1 aliphatic rings. The first kappa shape index (κ1) is 13.4. The van der Waals surface area contributed by atoms with E-state index in [1.807, 2.05) is 12.1 Å². The van der Waals surface area contributed by atoms with Crippen LogP contribution in [0.25, 0.3) is 11.0 Å². The number of rotatable bonds is 2. The minimum atomic E-state index is 0. The van der Waals surface area contributed by atoms with Crippen molar-refractivity contribution in [2.45, 2.75) is 13.5 Å². The summed E-state index contributed by atoms with van der Waals surface area (Å²) in [4.78, 5) is 2.49. The summed E-state index contributed by atoms with van der Waals surface area (Å²) in [5.74, 6) is 1.06. The van der Waals surface area contributed by atoms with Gasteiger partial charge in [0.05, 0.1) is 0 Å². The summed E-state index contributed by atoms with van der Waals surface area (Å²) in [5, 5.41) is 4.65. The van der Waals surface area contributed by atoms with Gasteiger partial charge in [0.25, 0.3) is 0 Å². The van der Waals surface area contributed by atoms with E-state index in [-0.39, 0.29) is 12.4 Å². The van der Waals surface area contributed by atoms with E-state index >= 15 is 0 Å². The summed E-state index contributed by atoms with van der Waals surface area (Å²) in [6.45, 7) is 7.50. The van der Waals surface area contributed by atoms with E-state index in [0.717, 1.165) is 44.1 Å². The number of furan rings is 1. The van der Waals surface area contributed by atoms with Gasteiger partial charge in [-0.25, -0.2) is 0 Å². The van der Waals surface area contributed by atoms with E-state index in [9.17, 15) is 0 Å². The van der Waals surface area contributed by atoms with Crippen LogP contribution >= 0.6 is 12.4 Å². The largest absolute Gasteiger partial charge is 0.461 e. The fourth-order valence-electron chi connectivity index (χ4n) is 2.51. The van der Waals surface area contributed by atoms with Crippen molar-refractivity contribution in [3.05, 3.63) is 35.6 Å². The molecule has 0 amide bonds. The van der Waals surface area contributed by atoms with Gasteiger partial charge in [0.15, 0.2) is 0 Å². The first-order valence-electron chi connectivity index (χ1n) is 6.24. The Bertz CT molecular complexity index is 517. The third kappa shape index (κ3) is 2.53. The molecule has 1 aromatic carbocycles. The number of hydrogen-bond acceptors (Lipinski definition) is 3. The second kappa shape index (κ2) is 5.74. The number of nitrogens with one attached hydrogen (secondary N) is 1. The Labute approximate surface area is 114 Å². The first-order valence-corrected chi connectivity index (χ1v) is 6.24. The lowest BCUT2D eigenvalue weighted by molar-refractivity contribution is 0.232. The van der Waals surface area contributed by atoms with Crippen LogP contribution in [0.15, 0.2) is 28.7 Å². The topological polar surface area (TPSA) is 28.4 Å². The minimum Gasteiger partial charge on any atom is -0.461 e. The van der Waals surface area contributed by atoms with Crippen molar-refractivity contribution >= 4 is 23.4 Å². The number of halogens is 1. The van der Waals surface area contributed by atoms with Crippen LogP contribution < -0.4 is 5.32 Å². The molecular formula is C14H19ClN2O. The van der Waals surface area contributed by atoms with Crippen LogP contribution in [0.2, 0.25) is 0 Å². The highest BCUT2D eigenvalue weighted by atomic mass is 35.5. The molecule has 0 aliphatic carbocycles. The molecule has 18 heavy (non-hydrogen) atoms. The normalized spacial score (nSPS) is 16.7. The quantitative estimate of drug-likeness (QED) is 0.906. The molecule has 0 saturated carbocycles. The van der Waals surface area contributed by atoms with Crippen molar-refractivity contribution in [3.8, 4) is 0 Å². The van der Waals surface area contributed by atoms with Crippen LogP contribution in [0.5, 0.6) is 0 Å². The molecule has 2 aromatic rings. The summed E-state index contributed by atoms with van der Waals surface area (Å²) >= 11 is 0. The molecule has 3 rings (SSSR count). The molecule has 4 heteroatoms. The van der Waals surface area contributed by atoms with E-state index in [1.165, 1.54) is 10.9 Å². The van der Waals surface area contributed by atoms with E-state index < -0.39 is 0 Å². The van der Waals surface area contributed by atoms with Gasteiger partial charge in [-0.15, -0.1) is 12.4 Å².